The van der Waals surface area contributed by atoms with Gasteiger partial charge in [-0.25, -0.2) is 0 Å². The van der Waals surface area contributed by atoms with Gasteiger partial charge in [0.15, 0.2) is 5.96 Å². The van der Waals surface area contributed by atoms with Crippen LogP contribution in [0, 0.1) is 5.92 Å². The number of piperazine rings is 1. The second-order valence-corrected chi connectivity index (χ2v) is 8.21. The van der Waals surface area contributed by atoms with E-state index in [0.717, 1.165) is 51.3 Å². The first kappa shape index (κ1) is 28.9. The van der Waals surface area contributed by atoms with E-state index in [1.807, 2.05) is 9.80 Å². The van der Waals surface area contributed by atoms with Crippen LogP contribution in [0.5, 0.6) is 0 Å². The molecule has 1 aliphatic heterocycles. The fourth-order valence-corrected chi connectivity index (χ4v) is 3.32. The van der Waals surface area contributed by atoms with E-state index in [0.29, 0.717) is 44.9 Å². The first-order valence-electron chi connectivity index (χ1n) is 11.6. The number of hydrogen-bond donors (Lipinski definition) is 2. The largest absolute Gasteiger partial charge is 0.357 e. The van der Waals surface area contributed by atoms with Crippen molar-refractivity contribution in [3.05, 3.63) is 0 Å². The third-order valence-corrected chi connectivity index (χ3v) is 5.05. The van der Waals surface area contributed by atoms with Crippen LogP contribution < -0.4 is 10.6 Å². The van der Waals surface area contributed by atoms with Crippen LogP contribution in [0.1, 0.15) is 72.6 Å². The number of amides is 2. The highest BCUT2D eigenvalue weighted by Gasteiger charge is 2.23. The predicted molar refractivity (Wildman–Crippen MR) is 135 cm³/mol. The summed E-state index contributed by atoms with van der Waals surface area (Å²) in [6, 6.07) is 0. The molecular weight excluding hydrogens is 493 g/mol. The molecule has 1 saturated heterocycles. The molecule has 176 valence electrons. The molecule has 0 aromatic heterocycles. The Balaban J connectivity index is 0.00000841. The van der Waals surface area contributed by atoms with E-state index in [1.54, 1.807) is 0 Å². The number of halogens is 1. The van der Waals surface area contributed by atoms with Crippen molar-refractivity contribution in [2.45, 2.75) is 72.6 Å². The molecule has 1 aliphatic rings. The lowest BCUT2D eigenvalue weighted by Crippen LogP contribution is -2.50. The van der Waals surface area contributed by atoms with Crippen molar-refractivity contribution in [3.63, 3.8) is 0 Å². The molecule has 1 fully saturated rings. The van der Waals surface area contributed by atoms with Gasteiger partial charge in [-0.2, -0.15) is 0 Å². The number of carbonyl (C=O) groups is 2. The predicted octanol–water partition coefficient (Wildman–Crippen LogP) is 3.24. The molecule has 0 aromatic carbocycles. The number of unbranched alkanes of at least 4 members (excludes halogenated alkanes) is 3. The van der Waals surface area contributed by atoms with E-state index in [2.05, 4.69) is 43.3 Å². The molecule has 2 N–H and O–H groups in total. The molecule has 0 saturated carbocycles. The average molecular weight is 538 g/mol. The SMILES string of the molecule is CCCCNC(=NCCCCCC(=O)N1CCN(C(=O)CC(C)C)CC1)NCC.I. The Hall–Kier alpha value is -1.06. The van der Waals surface area contributed by atoms with Crippen LogP contribution in [-0.2, 0) is 9.59 Å². The number of nitrogens with zero attached hydrogens (tertiary/aromatic N) is 3. The van der Waals surface area contributed by atoms with E-state index in [-0.39, 0.29) is 35.8 Å². The van der Waals surface area contributed by atoms with Crippen LogP contribution in [0.4, 0.5) is 0 Å². The van der Waals surface area contributed by atoms with Gasteiger partial charge >= 0.3 is 0 Å². The van der Waals surface area contributed by atoms with Gasteiger partial charge in [0.25, 0.3) is 0 Å². The summed E-state index contributed by atoms with van der Waals surface area (Å²) in [4.78, 5) is 32.9. The first-order chi connectivity index (χ1) is 14.0. The molecule has 30 heavy (non-hydrogen) atoms. The van der Waals surface area contributed by atoms with E-state index >= 15 is 0 Å². The maximum atomic E-state index is 12.4. The van der Waals surface area contributed by atoms with Crippen LogP contribution in [0.3, 0.4) is 0 Å². The molecule has 1 rings (SSSR count). The van der Waals surface area contributed by atoms with E-state index < -0.39 is 0 Å². The van der Waals surface area contributed by atoms with Gasteiger partial charge in [0.1, 0.15) is 0 Å². The Bertz CT molecular complexity index is 506. The smallest absolute Gasteiger partial charge is 0.222 e. The molecule has 2 amide bonds. The number of guanidine groups is 1. The maximum Gasteiger partial charge on any atom is 0.222 e. The van der Waals surface area contributed by atoms with E-state index in [9.17, 15) is 9.59 Å². The van der Waals surface area contributed by atoms with Crippen LogP contribution in [-0.4, -0.2) is 73.4 Å². The highest BCUT2D eigenvalue weighted by molar-refractivity contribution is 14.0. The highest BCUT2D eigenvalue weighted by atomic mass is 127. The van der Waals surface area contributed by atoms with Gasteiger partial charge < -0.3 is 20.4 Å². The van der Waals surface area contributed by atoms with Crippen LogP contribution in [0.15, 0.2) is 4.99 Å². The summed E-state index contributed by atoms with van der Waals surface area (Å²) >= 11 is 0. The zero-order valence-corrected chi connectivity index (χ0v) is 21.9. The molecule has 0 aromatic rings. The zero-order valence-electron chi connectivity index (χ0n) is 19.5. The van der Waals surface area contributed by atoms with Gasteiger partial charge in [-0.1, -0.05) is 33.6 Å². The Labute approximate surface area is 200 Å². The summed E-state index contributed by atoms with van der Waals surface area (Å²) in [5, 5.41) is 6.61. The van der Waals surface area contributed by atoms with Crippen molar-refractivity contribution in [1.29, 1.82) is 0 Å². The molecule has 8 heteroatoms. The third-order valence-electron chi connectivity index (χ3n) is 5.05. The van der Waals surface area contributed by atoms with Crippen molar-refractivity contribution in [2.75, 3.05) is 45.8 Å². The molecule has 1 heterocycles. The quantitative estimate of drug-likeness (QED) is 0.174. The van der Waals surface area contributed by atoms with Gasteiger partial charge in [-0.15, -0.1) is 24.0 Å². The summed E-state index contributed by atoms with van der Waals surface area (Å²) in [6.07, 6.45) is 6.42. The molecule has 0 atom stereocenters. The van der Waals surface area contributed by atoms with Gasteiger partial charge in [-0.3, -0.25) is 14.6 Å². The van der Waals surface area contributed by atoms with Crippen molar-refractivity contribution >= 4 is 41.8 Å². The summed E-state index contributed by atoms with van der Waals surface area (Å²) in [5.74, 6) is 1.71. The Morgan fingerprint density at radius 1 is 0.900 bits per heavy atom. The maximum absolute atomic E-state index is 12.4. The molecule has 0 unspecified atom stereocenters. The lowest BCUT2D eigenvalue weighted by molar-refractivity contribution is -0.140. The zero-order chi connectivity index (χ0) is 21.5. The molecule has 0 radical (unpaired) electrons. The summed E-state index contributed by atoms with van der Waals surface area (Å²) in [6.45, 7) is 13.7. The minimum absolute atomic E-state index is 0. The van der Waals surface area contributed by atoms with Crippen LogP contribution in [0.2, 0.25) is 0 Å². The lowest BCUT2D eigenvalue weighted by Gasteiger charge is -2.35. The Morgan fingerprint density at radius 3 is 2.10 bits per heavy atom. The topological polar surface area (TPSA) is 77.0 Å². The number of aliphatic imine (C=N–C) groups is 1. The lowest BCUT2D eigenvalue weighted by atomic mass is 10.1. The molecule has 0 spiro atoms. The number of rotatable bonds is 12. The summed E-state index contributed by atoms with van der Waals surface area (Å²) in [7, 11) is 0. The van der Waals surface area contributed by atoms with E-state index in [4.69, 9.17) is 0 Å². The van der Waals surface area contributed by atoms with Gasteiger partial charge in [-0.05, 0) is 32.1 Å². The molecule has 7 nitrogen and oxygen atoms in total. The fraction of sp³-hybridized carbons (Fsp3) is 0.864. The van der Waals surface area contributed by atoms with Crippen molar-refractivity contribution in [1.82, 2.24) is 20.4 Å². The molecule has 0 aliphatic carbocycles. The number of nitrogens with one attached hydrogen (secondary N) is 2. The minimum atomic E-state index is 0. The minimum Gasteiger partial charge on any atom is -0.357 e. The molecular formula is C22H44IN5O2. The summed E-state index contributed by atoms with van der Waals surface area (Å²) < 4.78 is 0. The van der Waals surface area contributed by atoms with Crippen LogP contribution >= 0.6 is 24.0 Å². The van der Waals surface area contributed by atoms with Gasteiger partial charge in [0.2, 0.25) is 11.8 Å². The normalized spacial score (nSPS) is 14.5. The second-order valence-electron chi connectivity index (χ2n) is 8.21. The monoisotopic (exact) mass is 537 g/mol. The first-order valence-corrected chi connectivity index (χ1v) is 11.6. The standard InChI is InChI=1S/C22H43N5O2.HI/c1-5-7-12-24-22(23-6-2)25-13-10-8-9-11-20(28)26-14-16-27(17-15-26)21(29)18-19(3)4;/h19H,5-18H2,1-4H3,(H2,23,24,25);1H. The second kappa shape index (κ2) is 17.6. The van der Waals surface area contributed by atoms with E-state index in [1.165, 1.54) is 6.42 Å². The fourth-order valence-electron chi connectivity index (χ4n) is 3.32. The van der Waals surface area contributed by atoms with Crippen molar-refractivity contribution in [2.24, 2.45) is 10.9 Å². The third kappa shape index (κ3) is 12.6. The molecule has 0 bridgehead atoms. The summed E-state index contributed by atoms with van der Waals surface area (Å²) in [5.41, 5.74) is 0. The van der Waals surface area contributed by atoms with Gasteiger partial charge in [0.05, 0.1) is 0 Å². The van der Waals surface area contributed by atoms with Crippen molar-refractivity contribution in [3.8, 4) is 0 Å². The van der Waals surface area contributed by atoms with Crippen LogP contribution in [0.25, 0.3) is 0 Å². The Morgan fingerprint density at radius 2 is 1.53 bits per heavy atom. The average Bonchev–Trinajstić information content (AvgIpc) is 2.70. The number of hydrogen-bond acceptors (Lipinski definition) is 3. The van der Waals surface area contributed by atoms with Crippen molar-refractivity contribution < 1.29 is 9.59 Å². The highest BCUT2D eigenvalue weighted by Crippen LogP contribution is 2.10. The Kier molecular flexibility index (Phi) is 17.0. The number of carbonyl (C=O) groups excluding carboxylic acids is 2. The van der Waals surface area contributed by atoms with Gasteiger partial charge in [0, 0.05) is 58.7 Å².